The normalized spacial score (nSPS) is 12.7. The quantitative estimate of drug-likeness (QED) is 0.742. The Morgan fingerprint density at radius 2 is 1.85 bits per heavy atom. The van der Waals surface area contributed by atoms with Gasteiger partial charge in [-0.2, -0.15) is 0 Å². The van der Waals surface area contributed by atoms with Crippen molar-refractivity contribution in [1.82, 2.24) is 5.32 Å². The lowest BCUT2D eigenvalue weighted by atomic mass is 9.95. The summed E-state index contributed by atoms with van der Waals surface area (Å²) in [6.45, 7) is 8.78. The molecule has 0 spiro atoms. The molecule has 1 unspecified atom stereocenters. The summed E-state index contributed by atoms with van der Waals surface area (Å²) in [4.78, 5) is 23.8. The highest BCUT2D eigenvalue weighted by Crippen LogP contribution is 2.24. The predicted molar refractivity (Wildman–Crippen MR) is 78.5 cm³/mol. The topological polar surface area (TPSA) is 78.4 Å². The van der Waals surface area contributed by atoms with Crippen molar-refractivity contribution in [2.75, 3.05) is 5.32 Å². The van der Waals surface area contributed by atoms with E-state index in [1.165, 1.54) is 0 Å². The summed E-state index contributed by atoms with van der Waals surface area (Å²) in [5.74, 6) is -0.567. The van der Waals surface area contributed by atoms with Crippen LogP contribution in [0.2, 0.25) is 0 Å². The van der Waals surface area contributed by atoms with E-state index in [0.29, 0.717) is 5.69 Å². The molecule has 1 aromatic carbocycles. The van der Waals surface area contributed by atoms with Gasteiger partial charge < -0.3 is 15.7 Å². The molecule has 2 amide bonds. The third kappa shape index (κ3) is 4.26. The van der Waals surface area contributed by atoms with Crippen LogP contribution in [-0.2, 0) is 9.59 Å². The highest BCUT2D eigenvalue weighted by molar-refractivity contribution is 5.98. The lowest BCUT2D eigenvalue weighted by Gasteiger charge is -2.21. The van der Waals surface area contributed by atoms with Gasteiger partial charge in [-0.15, -0.1) is 0 Å². The highest BCUT2D eigenvalue weighted by atomic mass is 16.3. The van der Waals surface area contributed by atoms with Crippen LogP contribution in [0.5, 0.6) is 5.75 Å². The molecule has 0 heterocycles. The van der Waals surface area contributed by atoms with E-state index in [9.17, 15) is 14.7 Å². The first-order valence-electron chi connectivity index (χ1n) is 6.52. The number of rotatable bonds is 3. The van der Waals surface area contributed by atoms with Crippen molar-refractivity contribution in [3.63, 3.8) is 0 Å². The summed E-state index contributed by atoms with van der Waals surface area (Å²) in [5.41, 5.74) is 0.674. The maximum absolute atomic E-state index is 12.0. The summed E-state index contributed by atoms with van der Waals surface area (Å²) in [5, 5.41) is 15.0. The zero-order chi connectivity index (χ0) is 15.5. The molecule has 20 heavy (non-hydrogen) atoms. The molecule has 0 aliphatic carbocycles. The monoisotopic (exact) mass is 278 g/mol. The minimum Gasteiger partial charge on any atom is -0.506 e. The smallest absolute Gasteiger partial charge is 0.246 e. The average molecular weight is 278 g/mol. The van der Waals surface area contributed by atoms with Crippen LogP contribution in [0.25, 0.3) is 0 Å². The van der Waals surface area contributed by atoms with Gasteiger partial charge in [0.05, 0.1) is 5.69 Å². The summed E-state index contributed by atoms with van der Waals surface area (Å²) >= 11 is 0. The van der Waals surface area contributed by atoms with E-state index < -0.39 is 11.5 Å². The molecule has 0 aliphatic rings. The van der Waals surface area contributed by atoms with Gasteiger partial charge in [-0.1, -0.05) is 26.8 Å². The number of hydrogen-bond acceptors (Lipinski definition) is 3. The van der Waals surface area contributed by atoms with Crippen molar-refractivity contribution in [3.05, 3.63) is 23.8 Å². The van der Waals surface area contributed by atoms with Gasteiger partial charge in [0, 0.05) is 5.41 Å². The lowest BCUT2D eigenvalue weighted by Crippen LogP contribution is -2.46. The molecule has 0 saturated carbocycles. The molecule has 3 N–H and O–H groups in total. The Morgan fingerprint density at radius 1 is 1.25 bits per heavy atom. The van der Waals surface area contributed by atoms with Crippen molar-refractivity contribution in [3.8, 4) is 5.75 Å². The third-order valence-electron chi connectivity index (χ3n) is 2.83. The molecular weight excluding hydrogens is 256 g/mol. The van der Waals surface area contributed by atoms with Crippen molar-refractivity contribution in [2.24, 2.45) is 5.41 Å². The number of aromatic hydroxyl groups is 1. The first-order valence-corrected chi connectivity index (χ1v) is 6.52. The number of carbonyl (C=O) groups is 2. The zero-order valence-electron chi connectivity index (χ0n) is 12.6. The Morgan fingerprint density at radius 3 is 2.35 bits per heavy atom. The summed E-state index contributed by atoms with van der Waals surface area (Å²) < 4.78 is 0. The van der Waals surface area contributed by atoms with Crippen LogP contribution in [0.1, 0.15) is 33.3 Å². The molecule has 0 radical (unpaired) electrons. The van der Waals surface area contributed by atoms with Gasteiger partial charge in [0.15, 0.2) is 0 Å². The molecule has 1 aromatic rings. The number of benzene rings is 1. The van der Waals surface area contributed by atoms with E-state index in [0.717, 1.165) is 5.56 Å². The maximum atomic E-state index is 12.0. The Bertz CT molecular complexity index is 518. The van der Waals surface area contributed by atoms with Crippen LogP contribution < -0.4 is 10.6 Å². The second-order valence-electron chi connectivity index (χ2n) is 5.96. The first kappa shape index (κ1) is 16.0. The van der Waals surface area contributed by atoms with E-state index in [1.54, 1.807) is 45.9 Å². The lowest BCUT2D eigenvalue weighted by molar-refractivity contribution is -0.131. The van der Waals surface area contributed by atoms with Gasteiger partial charge in [0.25, 0.3) is 0 Å². The molecular formula is C15H22N2O3. The Kier molecular flexibility index (Phi) is 4.76. The fraction of sp³-hybridized carbons (Fsp3) is 0.467. The van der Waals surface area contributed by atoms with Crippen molar-refractivity contribution >= 4 is 17.5 Å². The zero-order valence-corrected chi connectivity index (χ0v) is 12.6. The SMILES string of the molecule is Cc1ccc(NC(=O)C(C)NC(=O)C(C)(C)C)c(O)c1. The van der Waals surface area contributed by atoms with E-state index >= 15 is 0 Å². The maximum Gasteiger partial charge on any atom is 0.246 e. The number of hydrogen-bond donors (Lipinski definition) is 3. The number of phenolic OH excluding ortho intramolecular Hbond substituents is 1. The molecule has 0 aromatic heterocycles. The van der Waals surface area contributed by atoms with Gasteiger partial charge >= 0.3 is 0 Å². The summed E-state index contributed by atoms with van der Waals surface area (Å²) in [7, 11) is 0. The third-order valence-corrected chi connectivity index (χ3v) is 2.83. The van der Waals surface area contributed by atoms with Crippen molar-refractivity contribution in [2.45, 2.75) is 40.7 Å². The van der Waals surface area contributed by atoms with E-state index in [2.05, 4.69) is 10.6 Å². The van der Waals surface area contributed by atoms with E-state index in [1.807, 2.05) is 6.92 Å². The van der Waals surface area contributed by atoms with E-state index in [4.69, 9.17) is 0 Å². The van der Waals surface area contributed by atoms with Crippen LogP contribution in [0.3, 0.4) is 0 Å². The van der Waals surface area contributed by atoms with Gasteiger partial charge in [0.1, 0.15) is 11.8 Å². The minimum atomic E-state index is -0.678. The predicted octanol–water partition coefficient (Wildman–Crippen LogP) is 2.19. The number of amides is 2. The van der Waals surface area contributed by atoms with Gasteiger partial charge in [0.2, 0.25) is 11.8 Å². The molecule has 0 aliphatic heterocycles. The summed E-state index contributed by atoms with van der Waals surface area (Å²) in [6, 6.07) is 4.30. The molecule has 0 bridgehead atoms. The van der Waals surface area contributed by atoms with Crippen LogP contribution in [0, 0.1) is 12.3 Å². The van der Waals surface area contributed by atoms with Crippen LogP contribution in [-0.4, -0.2) is 23.0 Å². The van der Waals surface area contributed by atoms with Crippen molar-refractivity contribution < 1.29 is 14.7 Å². The molecule has 1 atom stereocenters. The molecule has 0 fully saturated rings. The van der Waals surface area contributed by atoms with Gasteiger partial charge in [-0.25, -0.2) is 0 Å². The fourth-order valence-corrected chi connectivity index (χ4v) is 1.47. The average Bonchev–Trinajstić information content (AvgIpc) is 2.31. The van der Waals surface area contributed by atoms with Crippen LogP contribution in [0.4, 0.5) is 5.69 Å². The minimum absolute atomic E-state index is 0.00713. The fourth-order valence-electron chi connectivity index (χ4n) is 1.47. The van der Waals surface area contributed by atoms with Gasteiger partial charge in [-0.3, -0.25) is 9.59 Å². The molecule has 5 heteroatoms. The van der Waals surface area contributed by atoms with Crippen LogP contribution in [0.15, 0.2) is 18.2 Å². The highest BCUT2D eigenvalue weighted by Gasteiger charge is 2.25. The second kappa shape index (κ2) is 5.94. The van der Waals surface area contributed by atoms with Crippen molar-refractivity contribution in [1.29, 1.82) is 0 Å². The molecule has 110 valence electrons. The largest absolute Gasteiger partial charge is 0.506 e. The van der Waals surface area contributed by atoms with E-state index in [-0.39, 0.29) is 17.6 Å². The number of anilines is 1. The molecule has 0 saturated heterocycles. The number of nitrogens with one attached hydrogen (secondary N) is 2. The second-order valence-corrected chi connectivity index (χ2v) is 5.96. The standard InChI is InChI=1S/C15H22N2O3/c1-9-6-7-11(12(18)8-9)17-13(19)10(2)16-14(20)15(3,4)5/h6-8,10,18H,1-5H3,(H,16,20)(H,17,19). The Hall–Kier alpha value is -2.04. The number of aryl methyl sites for hydroxylation is 1. The molecule has 1 rings (SSSR count). The first-order chi connectivity index (χ1) is 9.11. The number of phenols is 1. The molecule has 5 nitrogen and oxygen atoms in total. The summed E-state index contributed by atoms with van der Waals surface area (Å²) in [6.07, 6.45) is 0. The van der Waals surface area contributed by atoms with Gasteiger partial charge in [-0.05, 0) is 31.5 Å². The van der Waals surface area contributed by atoms with Crippen LogP contribution >= 0.6 is 0 Å². The Balaban J connectivity index is 2.69. The number of carbonyl (C=O) groups excluding carboxylic acids is 2. The Labute approximate surface area is 119 Å².